The van der Waals surface area contributed by atoms with Crippen LogP contribution in [0.2, 0.25) is 5.02 Å². The van der Waals surface area contributed by atoms with E-state index in [1.807, 2.05) is 49.5 Å². The van der Waals surface area contributed by atoms with Crippen LogP contribution >= 0.6 is 35.1 Å². The number of nitrogens with one attached hydrogen (secondary N) is 1. The third kappa shape index (κ3) is 3.00. The summed E-state index contributed by atoms with van der Waals surface area (Å²) in [6, 6.07) is 18.1. The molecule has 5 rings (SSSR count). The van der Waals surface area contributed by atoms with Crippen molar-refractivity contribution < 1.29 is 20.3 Å². The Bertz CT molecular complexity index is 1110. The van der Waals surface area contributed by atoms with Crippen molar-refractivity contribution in [3.8, 4) is 0 Å². The molecule has 2 aliphatic rings. The largest absolute Gasteiger partial charge is 0.687 e. The number of benzene rings is 3. The van der Waals surface area contributed by atoms with Gasteiger partial charge in [-0.25, -0.2) is 5.04 Å². The summed E-state index contributed by atoms with van der Waals surface area (Å²) in [6.45, 7) is 0. The molecule has 0 saturated carbocycles. The number of quaternary nitrogens is 1. The number of halogens is 1. The lowest BCUT2D eigenvalue weighted by Gasteiger charge is -2.19. The van der Waals surface area contributed by atoms with Crippen molar-refractivity contribution in [1.82, 2.24) is 0 Å². The number of thioether (sulfide) groups is 2. The third-order valence-electron chi connectivity index (χ3n) is 4.89. The Labute approximate surface area is 175 Å². The second-order valence-corrected chi connectivity index (χ2v) is 9.17. The molecule has 0 saturated heterocycles. The van der Waals surface area contributed by atoms with Crippen LogP contribution in [0.5, 0.6) is 0 Å². The minimum absolute atomic E-state index is 0.163. The van der Waals surface area contributed by atoms with Gasteiger partial charge in [0.15, 0.2) is 11.1 Å². The lowest BCUT2D eigenvalue weighted by molar-refractivity contribution is -1.15. The van der Waals surface area contributed by atoms with Crippen LogP contribution in [0.4, 0.5) is 11.4 Å². The second kappa shape index (κ2) is 7.27. The van der Waals surface area contributed by atoms with Gasteiger partial charge in [-0.05, 0) is 52.5 Å². The fraction of sp³-hybridized carbons (Fsp3) is 0.100. The Balaban J connectivity index is 1.54. The van der Waals surface area contributed by atoms with Gasteiger partial charge in [-0.15, -0.1) is 5.06 Å². The fourth-order valence-corrected chi connectivity index (χ4v) is 6.15. The molecule has 5 nitrogen and oxygen atoms in total. The van der Waals surface area contributed by atoms with E-state index in [0.29, 0.717) is 10.1 Å². The molecule has 2 aliphatic heterocycles. The zero-order valence-electron chi connectivity index (χ0n) is 14.7. The van der Waals surface area contributed by atoms with E-state index < -0.39 is 0 Å². The second-order valence-electron chi connectivity index (χ2n) is 6.49. The zero-order chi connectivity index (χ0) is 19.3. The van der Waals surface area contributed by atoms with E-state index in [1.54, 1.807) is 23.5 Å². The summed E-state index contributed by atoms with van der Waals surface area (Å²) in [7, 11) is 2.01. The van der Waals surface area contributed by atoms with Gasteiger partial charge >= 0.3 is 0 Å². The molecular formula is C20H15ClN2O3S2. The molecule has 8 heteroatoms. The van der Waals surface area contributed by atoms with Gasteiger partial charge in [0.1, 0.15) is 0 Å². The zero-order valence-corrected chi connectivity index (χ0v) is 17.1. The van der Waals surface area contributed by atoms with Crippen LogP contribution in [0, 0.1) is 0 Å². The average Bonchev–Trinajstić information content (AvgIpc) is 3.21. The summed E-state index contributed by atoms with van der Waals surface area (Å²) < 4.78 is 0. The van der Waals surface area contributed by atoms with Gasteiger partial charge in [-0.2, -0.15) is 0 Å². The lowest BCUT2D eigenvalue weighted by atomic mass is 10.1. The van der Waals surface area contributed by atoms with Crippen LogP contribution in [-0.4, -0.2) is 12.4 Å². The van der Waals surface area contributed by atoms with Crippen molar-refractivity contribution in [3.63, 3.8) is 0 Å². The van der Waals surface area contributed by atoms with E-state index in [2.05, 4.69) is 28.1 Å². The highest BCUT2D eigenvalue weighted by molar-refractivity contribution is 8.04. The Kier molecular flexibility index (Phi) is 4.76. The topological polar surface area (TPSA) is 49.2 Å². The van der Waals surface area contributed by atoms with Gasteiger partial charge < -0.3 is 10.2 Å². The molecule has 0 aliphatic carbocycles. The van der Waals surface area contributed by atoms with Crippen molar-refractivity contribution in [2.45, 2.75) is 15.2 Å². The first-order chi connectivity index (χ1) is 13.7. The van der Waals surface area contributed by atoms with Gasteiger partial charge in [0, 0.05) is 28.4 Å². The van der Waals surface area contributed by atoms with Crippen LogP contribution in [0.15, 0.2) is 75.5 Å². The molecular weight excluding hydrogens is 416 g/mol. The van der Waals surface area contributed by atoms with Crippen LogP contribution in [0.1, 0.15) is 0 Å². The highest BCUT2D eigenvalue weighted by Gasteiger charge is 2.40. The molecule has 0 bridgehead atoms. The molecule has 2 atom stereocenters. The first kappa shape index (κ1) is 18.3. The van der Waals surface area contributed by atoms with Gasteiger partial charge in [-0.3, -0.25) is 0 Å². The maximum absolute atomic E-state index is 10.9. The summed E-state index contributed by atoms with van der Waals surface area (Å²) in [5.41, 5.74) is 1.99. The van der Waals surface area contributed by atoms with E-state index in [1.165, 1.54) is 0 Å². The summed E-state index contributed by atoms with van der Waals surface area (Å²) in [6.07, 6.45) is 2.10. The molecule has 0 aromatic heterocycles. The first-order valence-electron chi connectivity index (χ1n) is 8.61. The number of fused-ring (bicyclic) bond motifs is 4. The normalized spacial score (nSPS) is 22.1. The van der Waals surface area contributed by atoms with E-state index in [4.69, 9.17) is 16.6 Å². The van der Waals surface area contributed by atoms with E-state index in [-0.39, 0.29) is 5.37 Å². The average molecular weight is 431 g/mol. The third-order valence-corrected chi connectivity index (χ3v) is 7.51. The first-order valence-corrected chi connectivity index (χ1v) is 10.7. The molecule has 0 radical (unpaired) electrons. The molecule has 0 fully saturated rings. The van der Waals surface area contributed by atoms with E-state index in [0.717, 1.165) is 37.0 Å². The molecule has 2 unspecified atom stereocenters. The van der Waals surface area contributed by atoms with Crippen LogP contribution in [0.3, 0.4) is 0 Å². The van der Waals surface area contributed by atoms with Crippen LogP contribution < -0.4 is 15.2 Å². The Morgan fingerprint density at radius 3 is 2.82 bits per heavy atom. The molecule has 142 valence electrons. The van der Waals surface area contributed by atoms with Crippen LogP contribution in [-0.2, 0) is 10.0 Å². The molecule has 0 spiro atoms. The quantitative estimate of drug-likeness (QED) is 0.505. The maximum Gasteiger partial charge on any atom is 0.198 e. The van der Waals surface area contributed by atoms with Gasteiger partial charge in [0.05, 0.1) is 15.6 Å². The molecule has 3 aromatic carbocycles. The monoisotopic (exact) mass is 430 g/mol. The van der Waals surface area contributed by atoms with Crippen molar-refractivity contribution in [1.29, 1.82) is 0 Å². The number of hydrogen-bond acceptors (Lipinski definition) is 6. The van der Waals surface area contributed by atoms with Crippen LogP contribution in [0.25, 0.3) is 10.8 Å². The van der Waals surface area contributed by atoms with Crippen molar-refractivity contribution in [2.75, 3.05) is 11.9 Å². The number of rotatable bonds is 3. The molecule has 1 N–H and O–H groups in total. The fourth-order valence-electron chi connectivity index (χ4n) is 3.59. The molecule has 0 amide bonds. The minimum atomic E-state index is -0.163. The highest BCUT2D eigenvalue weighted by Crippen LogP contribution is 2.47. The highest BCUT2D eigenvalue weighted by atomic mass is 35.5. The lowest BCUT2D eigenvalue weighted by Crippen LogP contribution is -3.08. The Morgan fingerprint density at radius 1 is 1.14 bits per heavy atom. The summed E-state index contributed by atoms with van der Waals surface area (Å²) in [4.78, 5) is 9.45. The van der Waals surface area contributed by atoms with Crippen molar-refractivity contribution in [3.05, 3.63) is 70.7 Å². The predicted molar refractivity (Wildman–Crippen MR) is 110 cm³/mol. The molecule has 2 heterocycles. The summed E-state index contributed by atoms with van der Waals surface area (Å²) in [5, 5.41) is 19.0. The van der Waals surface area contributed by atoms with Crippen molar-refractivity contribution in [2.24, 2.45) is 0 Å². The number of nitrogens with zero attached hydrogens (tertiary/aromatic N) is 1. The van der Waals surface area contributed by atoms with Gasteiger partial charge in [-0.1, -0.05) is 47.6 Å². The number of anilines is 1. The summed E-state index contributed by atoms with van der Waals surface area (Å²) >= 11 is 9.47. The molecule has 28 heavy (non-hydrogen) atoms. The standard InChI is InChI=1S/C20H15ClN2O3S2/c1-22-15-10-13(21)7-9-16(15)27-18(22)11-19-23(25-26-24)20-14-5-3-2-4-12(14)6-8-17(20)28-19/h2-11,19,24H,1H3/b18-11-. The number of hydrogen-bond donors (Lipinski definition) is 1. The smallest absolute Gasteiger partial charge is 0.198 e. The van der Waals surface area contributed by atoms with E-state index >= 15 is 0 Å². The molecule has 3 aromatic rings. The Hall–Kier alpha value is -1.71. The Morgan fingerprint density at radius 2 is 1.96 bits per heavy atom. The van der Waals surface area contributed by atoms with E-state index in [9.17, 15) is 5.26 Å². The summed E-state index contributed by atoms with van der Waals surface area (Å²) in [5.74, 6) is 0. The number of hydroxylamine groups is 1. The predicted octanol–water partition coefficient (Wildman–Crippen LogP) is 3.66. The van der Waals surface area contributed by atoms with Crippen molar-refractivity contribution >= 4 is 57.3 Å². The minimum Gasteiger partial charge on any atom is -0.687 e. The van der Waals surface area contributed by atoms with Gasteiger partial charge in [0.2, 0.25) is 0 Å². The SMILES string of the molecule is CN1/C(=C/C2Sc3ccc4ccccc4c3[NH+]2OO[O-])Sc2ccc(Cl)cc21. The maximum atomic E-state index is 10.9. The van der Waals surface area contributed by atoms with Gasteiger partial charge in [0.25, 0.3) is 0 Å².